The Hall–Kier alpha value is -1.36. The van der Waals surface area contributed by atoms with Crippen molar-refractivity contribution in [2.75, 3.05) is 7.05 Å². The van der Waals surface area contributed by atoms with Crippen LogP contribution in [0.3, 0.4) is 0 Å². The van der Waals surface area contributed by atoms with Crippen molar-refractivity contribution in [3.63, 3.8) is 0 Å². The summed E-state index contributed by atoms with van der Waals surface area (Å²) in [7, 11) is 1.70. The van der Waals surface area contributed by atoms with E-state index in [2.05, 4.69) is 10.4 Å². The molecule has 0 radical (unpaired) electrons. The van der Waals surface area contributed by atoms with Crippen LogP contribution in [0.5, 0.6) is 0 Å². The number of rotatable bonds is 4. The number of likely N-dealkylation sites (N-methyl/N-ethyl adjacent to an activating group) is 1. The van der Waals surface area contributed by atoms with Crippen LogP contribution in [0.4, 0.5) is 0 Å². The van der Waals surface area contributed by atoms with E-state index in [-0.39, 0.29) is 18.0 Å². The van der Waals surface area contributed by atoms with Gasteiger partial charge >= 0.3 is 0 Å². The molecule has 1 aromatic rings. The van der Waals surface area contributed by atoms with E-state index in [1.165, 1.54) is 0 Å². The van der Waals surface area contributed by atoms with Crippen LogP contribution < -0.4 is 11.1 Å². The molecule has 5 heteroatoms. The highest BCUT2D eigenvalue weighted by molar-refractivity contribution is 5.80. The maximum Gasteiger partial charge on any atom is 0.236 e. The van der Waals surface area contributed by atoms with Crippen molar-refractivity contribution in [1.82, 2.24) is 15.1 Å². The van der Waals surface area contributed by atoms with Gasteiger partial charge in [0.05, 0.1) is 6.04 Å². The quantitative estimate of drug-likeness (QED) is 0.660. The monoisotopic (exact) mass is 182 g/mol. The molecule has 0 saturated carbocycles. The van der Waals surface area contributed by atoms with Crippen LogP contribution in [-0.2, 0) is 4.79 Å². The van der Waals surface area contributed by atoms with Gasteiger partial charge in [-0.05, 0) is 20.0 Å². The van der Waals surface area contributed by atoms with Crippen LogP contribution in [0.15, 0.2) is 18.5 Å². The molecule has 5 nitrogen and oxygen atoms in total. The van der Waals surface area contributed by atoms with Gasteiger partial charge in [-0.1, -0.05) is 0 Å². The second kappa shape index (κ2) is 4.04. The van der Waals surface area contributed by atoms with E-state index >= 15 is 0 Å². The van der Waals surface area contributed by atoms with Gasteiger partial charge in [-0.15, -0.1) is 0 Å². The van der Waals surface area contributed by atoms with Gasteiger partial charge in [0.2, 0.25) is 5.91 Å². The van der Waals surface area contributed by atoms with Gasteiger partial charge in [-0.3, -0.25) is 9.48 Å². The lowest BCUT2D eigenvalue weighted by Gasteiger charge is -2.20. The first-order chi connectivity index (χ1) is 6.16. The van der Waals surface area contributed by atoms with Crippen molar-refractivity contribution in [1.29, 1.82) is 0 Å². The molecule has 0 saturated heterocycles. The molecule has 0 aliphatic heterocycles. The van der Waals surface area contributed by atoms with Gasteiger partial charge in [0.25, 0.3) is 0 Å². The second-order valence-corrected chi connectivity index (χ2v) is 2.90. The summed E-state index contributed by atoms with van der Waals surface area (Å²) >= 11 is 0. The third-order valence-corrected chi connectivity index (χ3v) is 2.04. The number of nitrogens with zero attached hydrogens (tertiary/aromatic N) is 2. The van der Waals surface area contributed by atoms with E-state index in [1.54, 1.807) is 24.1 Å². The highest BCUT2D eigenvalue weighted by Gasteiger charge is 2.22. The van der Waals surface area contributed by atoms with Gasteiger partial charge in [0, 0.05) is 12.4 Å². The Morgan fingerprint density at radius 2 is 2.38 bits per heavy atom. The topological polar surface area (TPSA) is 72.9 Å². The average molecular weight is 182 g/mol. The van der Waals surface area contributed by atoms with Crippen LogP contribution in [0.25, 0.3) is 0 Å². The third-order valence-electron chi connectivity index (χ3n) is 2.04. The molecule has 0 bridgehead atoms. The van der Waals surface area contributed by atoms with E-state index in [1.807, 2.05) is 13.0 Å². The Balaban J connectivity index is 2.76. The van der Waals surface area contributed by atoms with E-state index in [9.17, 15) is 4.79 Å². The number of carbonyl (C=O) groups is 1. The minimum absolute atomic E-state index is 0.0718. The summed E-state index contributed by atoms with van der Waals surface area (Å²) in [5.74, 6) is -0.370. The molecule has 0 spiro atoms. The predicted octanol–water partition coefficient (Wildman–Crippen LogP) is -0.483. The summed E-state index contributed by atoms with van der Waals surface area (Å²) < 4.78 is 1.70. The number of carbonyl (C=O) groups excluding carboxylic acids is 1. The first kappa shape index (κ1) is 9.73. The summed E-state index contributed by atoms with van der Waals surface area (Å²) in [5.41, 5.74) is 5.21. The zero-order chi connectivity index (χ0) is 9.84. The summed E-state index contributed by atoms with van der Waals surface area (Å²) in [6, 6.07) is 1.35. The minimum Gasteiger partial charge on any atom is -0.368 e. The van der Waals surface area contributed by atoms with Crippen molar-refractivity contribution in [2.45, 2.75) is 19.0 Å². The van der Waals surface area contributed by atoms with Crippen molar-refractivity contribution in [3.05, 3.63) is 18.5 Å². The molecule has 0 fully saturated rings. The average Bonchev–Trinajstić information content (AvgIpc) is 2.56. The van der Waals surface area contributed by atoms with Gasteiger partial charge in [0.1, 0.15) is 6.04 Å². The molecular weight excluding hydrogens is 168 g/mol. The molecule has 72 valence electrons. The number of hydrogen-bond acceptors (Lipinski definition) is 3. The summed E-state index contributed by atoms with van der Waals surface area (Å²) in [6.45, 7) is 1.89. The van der Waals surface area contributed by atoms with Gasteiger partial charge in [-0.25, -0.2) is 0 Å². The molecule has 2 unspecified atom stereocenters. The highest BCUT2D eigenvalue weighted by atomic mass is 16.1. The lowest BCUT2D eigenvalue weighted by Crippen LogP contribution is -2.44. The molecule has 13 heavy (non-hydrogen) atoms. The summed E-state index contributed by atoms with van der Waals surface area (Å²) in [4.78, 5) is 11.0. The fourth-order valence-corrected chi connectivity index (χ4v) is 1.30. The Morgan fingerprint density at radius 1 is 1.69 bits per heavy atom. The van der Waals surface area contributed by atoms with Crippen molar-refractivity contribution >= 4 is 5.91 Å². The van der Waals surface area contributed by atoms with Gasteiger partial charge in [0.15, 0.2) is 0 Å². The standard InChI is InChI=1S/C8H14N4O/c1-6(7(10-2)8(9)13)12-5-3-4-11-12/h3-7,10H,1-2H3,(H2,9,13). The Kier molecular flexibility index (Phi) is 3.02. The van der Waals surface area contributed by atoms with Gasteiger partial charge < -0.3 is 11.1 Å². The van der Waals surface area contributed by atoms with E-state index in [0.717, 1.165) is 0 Å². The Labute approximate surface area is 76.9 Å². The molecule has 0 aliphatic carbocycles. The zero-order valence-corrected chi connectivity index (χ0v) is 7.77. The molecule has 3 N–H and O–H groups in total. The minimum atomic E-state index is -0.389. The second-order valence-electron chi connectivity index (χ2n) is 2.90. The number of hydrogen-bond donors (Lipinski definition) is 2. The number of nitrogens with one attached hydrogen (secondary N) is 1. The zero-order valence-electron chi connectivity index (χ0n) is 7.77. The van der Waals surface area contributed by atoms with Crippen LogP contribution >= 0.6 is 0 Å². The lowest BCUT2D eigenvalue weighted by atomic mass is 10.1. The summed E-state index contributed by atoms with van der Waals surface area (Å²) in [6.07, 6.45) is 3.47. The van der Waals surface area contributed by atoms with Crippen LogP contribution in [0.2, 0.25) is 0 Å². The largest absolute Gasteiger partial charge is 0.368 e. The van der Waals surface area contributed by atoms with Crippen molar-refractivity contribution in [3.8, 4) is 0 Å². The van der Waals surface area contributed by atoms with E-state index in [4.69, 9.17) is 5.73 Å². The summed E-state index contributed by atoms with van der Waals surface area (Å²) in [5, 5.41) is 6.89. The Bertz CT molecular complexity index is 270. The molecule has 1 amide bonds. The van der Waals surface area contributed by atoms with E-state index in [0.29, 0.717) is 0 Å². The first-order valence-electron chi connectivity index (χ1n) is 4.12. The van der Waals surface area contributed by atoms with Crippen molar-refractivity contribution in [2.24, 2.45) is 5.73 Å². The molecule has 0 aromatic carbocycles. The number of aromatic nitrogens is 2. The fourth-order valence-electron chi connectivity index (χ4n) is 1.30. The third kappa shape index (κ3) is 2.06. The molecule has 1 aromatic heterocycles. The number of nitrogens with two attached hydrogens (primary N) is 1. The molecule has 1 heterocycles. The maximum atomic E-state index is 11.0. The fraction of sp³-hybridized carbons (Fsp3) is 0.500. The predicted molar refractivity (Wildman–Crippen MR) is 49.0 cm³/mol. The Morgan fingerprint density at radius 3 is 2.77 bits per heavy atom. The molecule has 1 rings (SSSR count). The van der Waals surface area contributed by atoms with E-state index < -0.39 is 0 Å². The van der Waals surface area contributed by atoms with Crippen molar-refractivity contribution < 1.29 is 4.79 Å². The number of primary amides is 1. The normalized spacial score (nSPS) is 15.2. The molecule has 2 atom stereocenters. The first-order valence-corrected chi connectivity index (χ1v) is 4.12. The number of amides is 1. The molecular formula is C8H14N4O. The highest BCUT2D eigenvalue weighted by Crippen LogP contribution is 2.08. The lowest BCUT2D eigenvalue weighted by molar-refractivity contribution is -0.120. The van der Waals surface area contributed by atoms with Gasteiger partial charge in [-0.2, -0.15) is 5.10 Å². The SMILES string of the molecule is CNC(C(N)=O)C(C)n1cccn1. The molecule has 0 aliphatic rings. The van der Waals surface area contributed by atoms with Crippen LogP contribution in [0, 0.1) is 0 Å². The smallest absolute Gasteiger partial charge is 0.236 e. The van der Waals surface area contributed by atoms with Crippen LogP contribution in [0.1, 0.15) is 13.0 Å². The maximum absolute atomic E-state index is 11.0. The van der Waals surface area contributed by atoms with Crippen LogP contribution in [-0.4, -0.2) is 28.8 Å².